The van der Waals surface area contributed by atoms with Crippen molar-refractivity contribution in [3.8, 4) is 73.3 Å². The van der Waals surface area contributed by atoms with E-state index in [-0.39, 0.29) is 74.7 Å². The first-order valence-corrected chi connectivity index (χ1v) is 39.5. The number of rotatable bonds is 25. The number of carbonyl (C=O) groups excluding carboxylic acids is 3. The molecule has 3 atom stereocenters. The van der Waals surface area contributed by atoms with E-state index >= 15 is 0 Å². The maximum Gasteiger partial charge on any atom is 0.305 e. The number of halogens is 6. The molecule has 0 saturated heterocycles. The largest absolute Gasteiger partial charge is 0.497 e. The minimum absolute atomic E-state index is 0.0613. The molecule has 23 nitrogen and oxygen atoms in total. The van der Waals surface area contributed by atoms with Crippen LogP contribution < -0.4 is 20.7 Å². The number of hydrogen-bond acceptors (Lipinski definition) is 14. The van der Waals surface area contributed by atoms with Crippen molar-refractivity contribution in [1.29, 1.82) is 0 Å². The van der Waals surface area contributed by atoms with Crippen LogP contribution in [0.4, 0.5) is 0 Å². The Morgan fingerprint density at radius 2 is 0.706 bits per heavy atom. The first-order chi connectivity index (χ1) is 57.3. The van der Waals surface area contributed by atoms with Crippen LogP contribution >= 0.6 is 69.6 Å². The van der Waals surface area contributed by atoms with Gasteiger partial charge in [-0.3, -0.25) is 62.7 Å². The quantitative estimate of drug-likeness (QED) is 0.0310. The molecule has 29 heteroatoms. The number of para-hydroxylation sites is 1. The summed E-state index contributed by atoms with van der Waals surface area (Å²) in [6.07, 6.45) is 6.55. The third-order valence-electron chi connectivity index (χ3n) is 19.5. The van der Waals surface area contributed by atoms with Crippen LogP contribution in [0.15, 0.2) is 243 Å². The molecule has 0 aliphatic heterocycles. The first kappa shape index (κ1) is 84.1. The minimum Gasteiger partial charge on any atom is -0.497 e. The van der Waals surface area contributed by atoms with Gasteiger partial charge in [0.25, 0.3) is 17.7 Å². The summed E-state index contributed by atoms with van der Waals surface area (Å²) in [5.74, 6) is -3.14. The number of pyridine rings is 2. The molecule has 0 spiro atoms. The van der Waals surface area contributed by atoms with Crippen LogP contribution in [0.3, 0.4) is 0 Å². The standard InChI is InChI=1S/C31H26Cl2N4O4.C30H24Cl2N4O3.C29H23Cl2N5O3/c1-18(19-3-5-20(6-4-19)31(40)34-10-9-30(38)39)37-29(16-28(36-37)22-12-24(32)14-25(33)13-22)23-11-21-7-8-26(41-2)15-27(21)35-17-23;1-18(19-6-8-20(9-7-19)30(39)33-11-10-29(37)38)36-28(23-12-21-4-2-3-5-26(21)34-17-23)16-27(35-36)22-13-24(31)15-25(32)14-22;1-17(18-2-4-19(5-3-18)29(39)34-9-8-28(37)38)36-27(20-6-7-24-26(14-20)33-11-10-32-24)16-25(35-36)21-12-22(30)15-23(31)13-21/h3-8,11-18H,9-10H2,1-2H3,(H,34,40)(H,38,39);2-9,12-18H,10-11H2,1H3,(H,33,39)(H,37,38);2-7,10-17H,8-9H2,1H3,(H,34,39)(H,37,38). The van der Waals surface area contributed by atoms with Crippen LogP contribution in [-0.4, -0.2) is 127 Å². The van der Waals surface area contributed by atoms with E-state index in [9.17, 15) is 28.8 Å². The molecular formula is C90H73Cl6N13O10. The Hall–Kier alpha value is -12.9. The highest BCUT2D eigenvalue weighted by Crippen LogP contribution is 2.39. The van der Waals surface area contributed by atoms with Gasteiger partial charge >= 0.3 is 17.9 Å². The number of carboxylic acids is 3. The van der Waals surface area contributed by atoms with Gasteiger partial charge < -0.3 is 36.0 Å². The van der Waals surface area contributed by atoms with Crippen LogP contribution in [0.2, 0.25) is 30.1 Å². The van der Waals surface area contributed by atoms with Crippen LogP contribution in [-0.2, 0) is 14.4 Å². The number of carbonyl (C=O) groups is 6. The van der Waals surface area contributed by atoms with E-state index in [4.69, 9.17) is 105 Å². The predicted molar refractivity (Wildman–Crippen MR) is 464 cm³/mol. The number of amides is 3. The highest BCUT2D eigenvalue weighted by atomic mass is 35.5. The fraction of sp³-hybridized carbons (Fsp3) is 0.144. The van der Waals surface area contributed by atoms with Gasteiger partial charge in [-0.25, -0.2) is 0 Å². The van der Waals surface area contributed by atoms with Gasteiger partial charge in [0.2, 0.25) is 0 Å². The van der Waals surface area contributed by atoms with Crippen LogP contribution in [0.1, 0.15) is 106 Å². The summed E-state index contributed by atoms with van der Waals surface area (Å²) >= 11 is 37.7. The predicted octanol–water partition coefficient (Wildman–Crippen LogP) is 20.1. The van der Waals surface area contributed by atoms with Gasteiger partial charge in [-0.05, 0) is 189 Å². The molecule has 9 aromatic carbocycles. The molecule has 0 radical (unpaired) electrons. The Bertz CT molecular complexity index is 6010. The topological polar surface area (TPSA) is 313 Å². The summed E-state index contributed by atoms with van der Waals surface area (Å²) in [6.45, 7) is 6.27. The number of fused-ring (bicyclic) bond motifs is 3. The number of nitrogens with zero attached hydrogens (tertiary/aromatic N) is 10. The van der Waals surface area contributed by atoms with Gasteiger partial charge in [0, 0.05) is 141 Å². The van der Waals surface area contributed by atoms with Crippen molar-refractivity contribution in [2.75, 3.05) is 26.7 Å². The van der Waals surface area contributed by atoms with Gasteiger partial charge in [0.05, 0.1) is 101 Å². The van der Waals surface area contributed by atoms with Crippen LogP contribution in [0.5, 0.6) is 5.75 Å². The molecule has 0 bridgehead atoms. The Morgan fingerprint density at radius 3 is 1.08 bits per heavy atom. The van der Waals surface area contributed by atoms with E-state index < -0.39 is 17.9 Å². The number of aromatic nitrogens is 10. The lowest BCUT2D eigenvalue weighted by atomic mass is 10.0. The van der Waals surface area contributed by atoms with E-state index in [0.717, 1.165) is 106 Å². The van der Waals surface area contributed by atoms with Crippen molar-refractivity contribution in [1.82, 2.24) is 65.2 Å². The molecular weight excluding hydrogens is 1640 g/mol. The molecule has 0 saturated carbocycles. The SMILES string of the molecule is CC(c1ccc(C(=O)NCCC(=O)O)cc1)n1nc(-c2cc(Cl)cc(Cl)c2)cc1-c1ccc2nccnc2c1.CC(c1ccc(C(=O)NCCC(=O)O)cc1)n1nc(-c2cc(Cl)cc(Cl)c2)cc1-c1cnc2ccccc2c1.COc1ccc2cc(-c3cc(-c4cc(Cl)cc(Cl)c4)nn3C(C)c3ccc(C(=O)NCCC(=O)O)cc3)cnc2c1. The number of hydrogen-bond donors (Lipinski definition) is 6. The fourth-order valence-corrected chi connectivity index (χ4v) is 14.8. The molecule has 15 aromatic rings. The number of aliphatic carboxylic acids is 3. The smallest absolute Gasteiger partial charge is 0.305 e. The Balaban J connectivity index is 0.000000155. The molecule has 3 unspecified atom stereocenters. The Morgan fingerprint density at radius 1 is 0.353 bits per heavy atom. The molecule has 0 aliphatic rings. The monoisotopic (exact) mass is 1710 g/mol. The third kappa shape index (κ3) is 20.9. The summed E-state index contributed by atoms with van der Waals surface area (Å²) in [5.41, 5.74) is 17.1. The van der Waals surface area contributed by atoms with Crippen molar-refractivity contribution in [3.63, 3.8) is 0 Å². The molecule has 600 valence electrons. The van der Waals surface area contributed by atoms with Crippen LogP contribution in [0, 0.1) is 0 Å². The lowest BCUT2D eigenvalue weighted by Gasteiger charge is -2.17. The van der Waals surface area contributed by atoms with E-state index in [2.05, 4.69) is 48.0 Å². The number of nitrogens with one attached hydrogen (secondary N) is 3. The highest BCUT2D eigenvalue weighted by molar-refractivity contribution is 6.36. The zero-order valence-electron chi connectivity index (χ0n) is 64.0. The summed E-state index contributed by atoms with van der Waals surface area (Å²) in [4.78, 5) is 87.5. The molecule has 0 fully saturated rings. The molecule has 15 rings (SSSR count). The second-order valence-corrected chi connectivity index (χ2v) is 30.2. The zero-order chi connectivity index (χ0) is 84.1. The number of benzene rings is 9. The first-order valence-electron chi connectivity index (χ1n) is 37.3. The normalized spacial score (nSPS) is 11.8. The van der Waals surface area contributed by atoms with Gasteiger partial charge in [0.15, 0.2) is 0 Å². The fourth-order valence-electron chi connectivity index (χ4n) is 13.3. The minimum atomic E-state index is -0.967. The average Bonchev–Trinajstić information content (AvgIpc) is 1.65. The van der Waals surface area contributed by atoms with E-state index in [1.807, 2.05) is 193 Å². The van der Waals surface area contributed by atoms with Gasteiger partial charge in [-0.1, -0.05) is 130 Å². The van der Waals surface area contributed by atoms with Crippen molar-refractivity contribution < 1.29 is 48.8 Å². The summed E-state index contributed by atoms with van der Waals surface area (Å²) in [5, 5.41) is 54.1. The molecule has 0 aliphatic carbocycles. The molecule has 6 N–H and O–H groups in total. The second-order valence-electron chi connectivity index (χ2n) is 27.6. The third-order valence-corrected chi connectivity index (χ3v) is 20.8. The summed E-state index contributed by atoms with van der Waals surface area (Å²) < 4.78 is 11.1. The average molecular weight is 1710 g/mol. The van der Waals surface area contributed by atoms with Gasteiger partial charge in [0.1, 0.15) is 5.75 Å². The maximum atomic E-state index is 12.4. The van der Waals surface area contributed by atoms with Crippen molar-refractivity contribution in [3.05, 3.63) is 307 Å². The second kappa shape index (κ2) is 38.0. The Kier molecular flexibility index (Phi) is 26.9. The van der Waals surface area contributed by atoms with E-state index in [1.54, 1.807) is 80.3 Å². The molecule has 119 heavy (non-hydrogen) atoms. The van der Waals surface area contributed by atoms with Crippen molar-refractivity contribution in [2.24, 2.45) is 0 Å². The summed E-state index contributed by atoms with van der Waals surface area (Å²) in [7, 11) is 1.62. The number of carboxylic acid groups (broad SMARTS) is 3. The lowest BCUT2D eigenvalue weighted by Crippen LogP contribution is -2.26. The molecule has 3 amide bonds. The van der Waals surface area contributed by atoms with Gasteiger partial charge in [-0.2, -0.15) is 15.3 Å². The number of methoxy groups -OCH3 is 1. The highest BCUT2D eigenvalue weighted by Gasteiger charge is 2.25. The summed E-state index contributed by atoms with van der Waals surface area (Å²) in [6, 6.07) is 66.5. The van der Waals surface area contributed by atoms with Crippen LogP contribution in [0.25, 0.3) is 100 Å². The maximum absolute atomic E-state index is 12.4. The van der Waals surface area contributed by atoms with E-state index in [0.29, 0.717) is 63.9 Å². The number of ether oxygens (including phenoxy) is 1. The van der Waals surface area contributed by atoms with Gasteiger partial charge in [-0.15, -0.1) is 0 Å². The Labute approximate surface area is 712 Å². The molecule has 6 heterocycles. The zero-order valence-corrected chi connectivity index (χ0v) is 68.5. The van der Waals surface area contributed by atoms with Crippen molar-refractivity contribution in [2.45, 2.75) is 58.2 Å². The van der Waals surface area contributed by atoms with E-state index in [1.165, 1.54) is 0 Å². The van der Waals surface area contributed by atoms with Crippen molar-refractivity contribution >= 4 is 138 Å². The molecule has 6 aromatic heterocycles. The lowest BCUT2D eigenvalue weighted by molar-refractivity contribution is -0.137.